The number of fused-ring (bicyclic) bond motifs is 1. The van der Waals surface area contributed by atoms with Gasteiger partial charge in [-0.05, 0) is 42.8 Å². The van der Waals surface area contributed by atoms with Gasteiger partial charge in [-0.25, -0.2) is 22.3 Å². The third-order valence-electron chi connectivity index (χ3n) is 3.50. The van der Waals surface area contributed by atoms with E-state index in [1.54, 1.807) is 6.92 Å². The highest BCUT2D eigenvalue weighted by Crippen LogP contribution is 2.19. The fraction of sp³-hybridized carbons (Fsp3) is 0.133. The number of benzene rings is 2. The van der Waals surface area contributed by atoms with Crippen LogP contribution < -0.4 is 10.4 Å². The van der Waals surface area contributed by atoms with Crippen LogP contribution in [0.15, 0.2) is 52.2 Å². The summed E-state index contributed by atoms with van der Waals surface area (Å²) >= 11 is 0. The van der Waals surface area contributed by atoms with E-state index in [-0.39, 0.29) is 10.7 Å². The summed E-state index contributed by atoms with van der Waals surface area (Å²) in [6, 6.07) is 9.38. The number of nitrogens with one attached hydrogen (secondary N) is 3. The van der Waals surface area contributed by atoms with Crippen LogP contribution in [-0.4, -0.2) is 18.4 Å². The first kappa shape index (κ1) is 15.4. The summed E-state index contributed by atoms with van der Waals surface area (Å²) in [5, 5.41) is 0. The standard InChI is InChI=1S/C15H14FN3O3S/c1-9(10-2-4-11(16)5-3-10)19-23(21,22)12-6-7-13-14(8-12)18-15(20)17-13/h2-9,19H,1H3,(H2,17,18,20)/t9-/m1/s1. The molecule has 0 bridgehead atoms. The molecule has 0 saturated carbocycles. The summed E-state index contributed by atoms with van der Waals surface area (Å²) in [6.07, 6.45) is 0. The van der Waals surface area contributed by atoms with E-state index in [1.807, 2.05) is 0 Å². The van der Waals surface area contributed by atoms with Crippen LogP contribution in [0.2, 0.25) is 0 Å². The lowest BCUT2D eigenvalue weighted by molar-refractivity contribution is 0.566. The third-order valence-corrected chi connectivity index (χ3v) is 5.04. The zero-order valence-corrected chi connectivity index (χ0v) is 12.9. The third kappa shape index (κ3) is 3.17. The van der Waals surface area contributed by atoms with Gasteiger partial charge in [-0.2, -0.15) is 0 Å². The van der Waals surface area contributed by atoms with Crippen molar-refractivity contribution in [1.82, 2.24) is 14.7 Å². The fourth-order valence-corrected chi connectivity index (χ4v) is 3.56. The van der Waals surface area contributed by atoms with Crippen LogP contribution >= 0.6 is 0 Å². The number of halogens is 1. The Labute approximate surface area is 131 Å². The second-order valence-electron chi connectivity index (χ2n) is 5.18. The van der Waals surface area contributed by atoms with E-state index in [4.69, 9.17) is 0 Å². The average Bonchev–Trinajstić information content (AvgIpc) is 2.86. The zero-order chi connectivity index (χ0) is 16.6. The van der Waals surface area contributed by atoms with E-state index < -0.39 is 21.8 Å². The van der Waals surface area contributed by atoms with Crippen molar-refractivity contribution in [3.63, 3.8) is 0 Å². The van der Waals surface area contributed by atoms with Gasteiger partial charge in [0, 0.05) is 6.04 Å². The van der Waals surface area contributed by atoms with Crippen LogP contribution in [0.25, 0.3) is 11.0 Å². The Morgan fingerprint density at radius 1 is 1.04 bits per heavy atom. The monoisotopic (exact) mass is 335 g/mol. The molecule has 0 amide bonds. The Morgan fingerprint density at radius 2 is 1.70 bits per heavy atom. The molecule has 1 heterocycles. The molecule has 0 spiro atoms. The molecule has 2 aromatic carbocycles. The number of rotatable bonds is 4. The van der Waals surface area contributed by atoms with Crippen LogP contribution in [0, 0.1) is 5.82 Å². The number of aromatic amines is 2. The SMILES string of the molecule is C[C@@H](NS(=O)(=O)c1ccc2[nH]c(=O)[nH]c2c1)c1ccc(F)cc1. The molecule has 3 N–H and O–H groups in total. The molecule has 0 aliphatic rings. The van der Waals surface area contributed by atoms with Gasteiger partial charge in [0.05, 0.1) is 15.9 Å². The molecule has 0 radical (unpaired) electrons. The largest absolute Gasteiger partial charge is 0.323 e. The molecule has 0 unspecified atom stereocenters. The fourth-order valence-electron chi connectivity index (χ4n) is 2.30. The molecule has 1 atom stereocenters. The molecule has 0 aliphatic heterocycles. The lowest BCUT2D eigenvalue weighted by atomic mass is 10.1. The molecule has 0 aliphatic carbocycles. The maximum absolute atomic E-state index is 12.9. The van der Waals surface area contributed by atoms with Gasteiger partial charge in [-0.15, -0.1) is 0 Å². The Kier molecular flexibility index (Phi) is 3.78. The number of hydrogen-bond donors (Lipinski definition) is 3. The van der Waals surface area contributed by atoms with E-state index in [2.05, 4.69) is 14.7 Å². The van der Waals surface area contributed by atoms with E-state index in [0.717, 1.165) is 0 Å². The minimum absolute atomic E-state index is 0.0363. The summed E-state index contributed by atoms with van der Waals surface area (Å²) in [6.45, 7) is 1.67. The predicted octanol–water partition coefficient (Wildman–Crippen LogP) is 2.03. The number of aromatic nitrogens is 2. The second kappa shape index (κ2) is 5.64. The maximum Gasteiger partial charge on any atom is 0.323 e. The molecule has 1 aromatic heterocycles. The first-order valence-corrected chi connectivity index (χ1v) is 8.33. The highest BCUT2D eigenvalue weighted by molar-refractivity contribution is 7.89. The van der Waals surface area contributed by atoms with Gasteiger partial charge in [0.1, 0.15) is 5.82 Å². The van der Waals surface area contributed by atoms with Crippen LogP contribution in [0.1, 0.15) is 18.5 Å². The lowest BCUT2D eigenvalue weighted by Crippen LogP contribution is -2.26. The van der Waals surface area contributed by atoms with E-state index in [0.29, 0.717) is 16.6 Å². The zero-order valence-electron chi connectivity index (χ0n) is 12.1. The second-order valence-corrected chi connectivity index (χ2v) is 6.90. The van der Waals surface area contributed by atoms with Gasteiger partial charge in [0.25, 0.3) is 0 Å². The van der Waals surface area contributed by atoms with Crippen molar-refractivity contribution in [2.45, 2.75) is 17.9 Å². The van der Waals surface area contributed by atoms with E-state index in [9.17, 15) is 17.6 Å². The van der Waals surface area contributed by atoms with Gasteiger partial charge in [-0.1, -0.05) is 12.1 Å². The molecule has 23 heavy (non-hydrogen) atoms. The molecule has 3 rings (SSSR count). The van der Waals surface area contributed by atoms with Gasteiger partial charge in [-0.3, -0.25) is 0 Å². The summed E-state index contributed by atoms with van der Waals surface area (Å²) in [4.78, 5) is 16.3. The number of imidazole rings is 1. The molecular formula is C15H14FN3O3S. The van der Waals surface area contributed by atoms with Crippen LogP contribution in [0.3, 0.4) is 0 Å². The molecule has 6 nitrogen and oxygen atoms in total. The van der Waals surface area contributed by atoms with Crippen LogP contribution in [0.4, 0.5) is 4.39 Å². The summed E-state index contributed by atoms with van der Waals surface area (Å²) in [5.41, 5.74) is 1.18. The number of hydrogen-bond acceptors (Lipinski definition) is 3. The molecule has 0 fully saturated rings. The topological polar surface area (TPSA) is 94.8 Å². The molecular weight excluding hydrogens is 321 g/mol. The first-order valence-electron chi connectivity index (χ1n) is 6.85. The van der Waals surface area contributed by atoms with Gasteiger partial charge in [0.15, 0.2) is 0 Å². The van der Waals surface area contributed by atoms with Gasteiger partial charge < -0.3 is 9.97 Å². The predicted molar refractivity (Wildman–Crippen MR) is 84.1 cm³/mol. The summed E-state index contributed by atoms with van der Waals surface area (Å²) in [5.74, 6) is -0.384. The first-order chi connectivity index (χ1) is 10.8. The molecule has 8 heteroatoms. The van der Waals surface area contributed by atoms with E-state index >= 15 is 0 Å². The minimum Gasteiger partial charge on any atom is -0.306 e. The van der Waals surface area contributed by atoms with Crippen molar-refractivity contribution in [3.05, 3.63) is 64.3 Å². The minimum atomic E-state index is -3.78. The van der Waals surface area contributed by atoms with Gasteiger partial charge in [0.2, 0.25) is 10.0 Å². The van der Waals surface area contributed by atoms with Crippen molar-refractivity contribution in [1.29, 1.82) is 0 Å². The van der Waals surface area contributed by atoms with Crippen molar-refractivity contribution in [3.8, 4) is 0 Å². The van der Waals surface area contributed by atoms with Crippen molar-refractivity contribution in [2.24, 2.45) is 0 Å². The highest BCUT2D eigenvalue weighted by atomic mass is 32.2. The number of H-pyrrole nitrogens is 2. The maximum atomic E-state index is 12.9. The Morgan fingerprint density at radius 3 is 2.39 bits per heavy atom. The van der Waals surface area contributed by atoms with Crippen LogP contribution in [-0.2, 0) is 10.0 Å². The summed E-state index contributed by atoms with van der Waals surface area (Å²) in [7, 11) is -3.78. The van der Waals surface area contributed by atoms with Gasteiger partial charge >= 0.3 is 5.69 Å². The molecule has 0 saturated heterocycles. The number of sulfonamides is 1. The van der Waals surface area contributed by atoms with Crippen molar-refractivity contribution in [2.75, 3.05) is 0 Å². The highest BCUT2D eigenvalue weighted by Gasteiger charge is 2.19. The smallest absolute Gasteiger partial charge is 0.306 e. The molecule has 120 valence electrons. The van der Waals surface area contributed by atoms with Crippen LogP contribution in [0.5, 0.6) is 0 Å². The van der Waals surface area contributed by atoms with E-state index in [1.165, 1.54) is 42.5 Å². The molecule has 3 aromatic rings. The summed E-state index contributed by atoms with van der Waals surface area (Å²) < 4.78 is 40.4. The average molecular weight is 335 g/mol. The Balaban J connectivity index is 1.90. The lowest BCUT2D eigenvalue weighted by Gasteiger charge is -2.14. The Bertz CT molecular complexity index is 1010. The Hall–Kier alpha value is -2.45. The van der Waals surface area contributed by atoms with Crippen molar-refractivity contribution < 1.29 is 12.8 Å². The quantitative estimate of drug-likeness (QED) is 0.681. The normalized spacial score (nSPS) is 13.3. The van der Waals surface area contributed by atoms with Crippen molar-refractivity contribution >= 4 is 21.1 Å².